The van der Waals surface area contributed by atoms with Gasteiger partial charge in [-0.2, -0.15) is 0 Å². The lowest BCUT2D eigenvalue weighted by Gasteiger charge is -2.23. The average molecular weight is 289 g/mol. The molecule has 21 heavy (non-hydrogen) atoms. The van der Waals surface area contributed by atoms with Crippen LogP contribution in [0.25, 0.3) is 0 Å². The van der Waals surface area contributed by atoms with Gasteiger partial charge in [0.2, 0.25) is 0 Å². The Bertz CT molecular complexity index is 610. The average Bonchev–Trinajstić information content (AvgIpc) is 2.95. The summed E-state index contributed by atoms with van der Waals surface area (Å²) in [6.45, 7) is 0.463. The van der Waals surface area contributed by atoms with Crippen molar-refractivity contribution in [2.75, 3.05) is 19.8 Å². The van der Waals surface area contributed by atoms with E-state index in [0.717, 1.165) is 4.90 Å². The van der Waals surface area contributed by atoms with Crippen molar-refractivity contribution in [2.45, 2.75) is 12.0 Å². The lowest BCUT2D eigenvalue weighted by atomic mass is 10.0. The zero-order valence-corrected chi connectivity index (χ0v) is 11.3. The molecule has 0 bridgehead atoms. The van der Waals surface area contributed by atoms with E-state index >= 15 is 0 Å². The molecule has 1 aromatic rings. The monoisotopic (exact) mass is 289 g/mol. The van der Waals surface area contributed by atoms with E-state index < -0.39 is 11.5 Å². The Balaban J connectivity index is 1.75. The van der Waals surface area contributed by atoms with Gasteiger partial charge in [0.1, 0.15) is 0 Å². The van der Waals surface area contributed by atoms with E-state index in [2.05, 4.69) is 0 Å². The number of β-amino-alcohol motifs (C(OH)–C–C–N with tert-alkyl or cyclic N) is 1. The summed E-state index contributed by atoms with van der Waals surface area (Å²) in [5, 5.41) is 10.0. The largest absolute Gasteiger partial charge is 0.379 e. The summed E-state index contributed by atoms with van der Waals surface area (Å²) in [7, 11) is 0. The third-order valence-electron chi connectivity index (χ3n) is 4.01. The molecule has 0 spiro atoms. The lowest BCUT2D eigenvalue weighted by Crippen LogP contribution is -2.48. The number of benzene rings is 1. The van der Waals surface area contributed by atoms with Gasteiger partial charge in [-0.15, -0.1) is 0 Å². The zero-order valence-electron chi connectivity index (χ0n) is 11.3. The Morgan fingerprint density at radius 2 is 1.81 bits per heavy atom. The van der Waals surface area contributed by atoms with Crippen molar-refractivity contribution in [3.05, 3.63) is 35.4 Å². The topological polar surface area (TPSA) is 104 Å². The van der Waals surface area contributed by atoms with Gasteiger partial charge < -0.3 is 10.8 Å². The van der Waals surface area contributed by atoms with Gasteiger partial charge >= 0.3 is 0 Å². The van der Waals surface area contributed by atoms with Crippen molar-refractivity contribution in [1.29, 1.82) is 0 Å². The Morgan fingerprint density at radius 3 is 2.29 bits per heavy atom. The number of likely N-dealkylation sites (tertiary alicyclic amines) is 1. The molecule has 3 N–H and O–H groups in total. The van der Waals surface area contributed by atoms with Gasteiger partial charge in [0.05, 0.1) is 17.8 Å². The second-order valence-electron chi connectivity index (χ2n) is 5.42. The van der Waals surface area contributed by atoms with Gasteiger partial charge in [-0.25, -0.2) is 0 Å². The molecule has 3 rings (SSSR count). The predicted octanol–water partition coefficient (Wildman–Crippen LogP) is -0.838. The molecular weight excluding hydrogens is 274 g/mol. The SMILES string of the molecule is NC(=O)C1(O)CCN(CN2C(=O)c3ccccc3C2=O)C1. The van der Waals surface area contributed by atoms with Gasteiger partial charge in [-0.05, 0) is 18.6 Å². The highest BCUT2D eigenvalue weighted by atomic mass is 16.3. The molecule has 0 aromatic heterocycles. The molecule has 2 heterocycles. The van der Waals surface area contributed by atoms with Gasteiger partial charge in [0, 0.05) is 13.1 Å². The third kappa shape index (κ3) is 2.10. The highest BCUT2D eigenvalue weighted by molar-refractivity contribution is 6.21. The van der Waals surface area contributed by atoms with Crippen LogP contribution >= 0.6 is 0 Å². The number of nitrogens with two attached hydrogens (primary N) is 1. The summed E-state index contributed by atoms with van der Waals surface area (Å²) in [5.41, 5.74) is 4.34. The van der Waals surface area contributed by atoms with Crippen LogP contribution in [0.3, 0.4) is 0 Å². The maximum Gasteiger partial charge on any atom is 0.262 e. The number of fused-ring (bicyclic) bond motifs is 1. The molecule has 1 atom stereocenters. The van der Waals surface area contributed by atoms with Crippen LogP contribution in [0, 0.1) is 0 Å². The van der Waals surface area contributed by atoms with Crippen LogP contribution < -0.4 is 5.73 Å². The molecule has 7 heteroatoms. The first-order chi connectivity index (χ1) is 9.92. The zero-order chi connectivity index (χ0) is 15.2. The number of carbonyl (C=O) groups is 3. The summed E-state index contributed by atoms with van der Waals surface area (Å²) in [6, 6.07) is 6.63. The number of amides is 3. The quantitative estimate of drug-likeness (QED) is 0.706. The molecule has 2 aliphatic heterocycles. The Labute approximate surface area is 120 Å². The first-order valence-corrected chi connectivity index (χ1v) is 6.62. The Morgan fingerprint density at radius 1 is 1.24 bits per heavy atom. The molecule has 2 aliphatic rings. The summed E-state index contributed by atoms with van der Waals surface area (Å²) in [6.07, 6.45) is 0.200. The normalized spacial score (nSPS) is 25.5. The van der Waals surface area contributed by atoms with Crippen molar-refractivity contribution in [2.24, 2.45) is 5.73 Å². The fraction of sp³-hybridized carbons (Fsp3) is 0.357. The highest BCUT2D eigenvalue weighted by Crippen LogP contribution is 2.25. The van der Waals surface area contributed by atoms with Gasteiger partial charge in [0.15, 0.2) is 5.60 Å². The van der Waals surface area contributed by atoms with Crippen molar-refractivity contribution in [1.82, 2.24) is 9.80 Å². The van der Waals surface area contributed by atoms with E-state index in [-0.39, 0.29) is 31.4 Å². The molecule has 110 valence electrons. The number of rotatable bonds is 3. The summed E-state index contributed by atoms with van der Waals surface area (Å²) in [5.74, 6) is -1.50. The van der Waals surface area contributed by atoms with Gasteiger partial charge in [-0.3, -0.25) is 24.2 Å². The highest BCUT2D eigenvalue weighted by Gasteiger charge is 2.44. The first kappa shape index (κ1) is 13.7. The van der Waals surface area contributed by atoms with Crippen LogP contribution in [0.5, 0.6) is 0 Å². The molecule has 0 aliphatic carbocycles. The van der Waals surface area contributed by atoms with Crippen molar-refractivity contribution in [3.8, 4) is 0 Å². The van der Waals surface area contributed by atoms with Gasteiger partial charge in [-0.1, -0.05) is 12.1 Å². The Kier molecular flexibility index (Phi) is 3.03. The van der Waals surface area contributed by atoms with Crippen LogP contribution in [0.15, 0.2) is 24.3 Å². The van der Waals surface area contributed by atoms with E-state index in [1.807, 2.05) is 0 Å². The third-order valence-corrected chi connectivity index (χ3v) is 4.01. The molecule has 1 aromatic carbocycles. The molecular formula is C14H15N3O4. The van der Waals surface area contributed by atoms with Crippen molar-refractivity contribution in [3.63, 3.8) is 0 Å². The number of hydrogen-bond acceptors (Lipinski definition) is 5. The standard InChI is InChI=1S/C14H15N3O4/c15-13(20)14(21)5-6-16(7-14)8-17-11(18)9-3-1-2-4-10(9)12(17)19/h1-4,21H,5-8H2,(H2,15,20). The minimum Gasteiger partial charge on any atom is -0.379 e. The maximum absolute atomic E-state index is 12.2. The molecule has 7 nitrogen and oxygen atoms in total. The van der Waals surface area contributed by atoms with E-state index in [1.54, 1.807) is 29.2 Å². The van der Waals surface area contributed by atoms with Crippen LogP contribution in [-0.2, 0) is 4.79 Å². The summed E-state index contributed by atoms with van der Waals surface area (Å²) < 4.78 is 0. The molecule has 1 fully saturated rings. The second-order valence-corrected chi connectivity index (χ2v) is 5.42. The smallest absolute Gasteiger partial charge is 0.262 e. The minimum absolute atomic E-state index is 0.0236. The van der Waals surface area contributed by atoms with Crippen molar-refractivity contribution >= 4 is 17.7 Å². The lowest BCUT2D eigenvalue weighted by molar-refractivity contribution is -0.135. The second kappa shape index (κ2) is 4.64. The van der Waals surface area contributed by atoms with E-state index in [1.165, 1.54) is 0 Å². The summed E-state index contributed by atoms with van der Waals surface area (Å²) in [4.78, 5) is 38.4. The first-order valence-electron chi connectivity index (χ1n) is 6.62. The number of imide groups is 1. The molecule has 3 amide bonds. The fourth-order valence-electron chi connectivity index (χ4n) is 2.76. The van der Waals surface area contributed by atoms with Crippen LogP contribution in [-0.4, -0.2) is 58.0 Å². The van der Waals surface area contributed by atoms with Crippen molar-refractivity contribution < 1.29 is 19.5 Å². The van der Waals surface area contributed by atoms with E-state index in [0.29, 0.717) is 17.7 Å². The van der Waals surface area contributed by atoms with E-state index in [9.17, 15) is 19.5 Å². The summed E-state index contributed by atoms with van der Waals surface area (Å²) >= 11 is 0. The Hall–Kier alpha value is -2.25. The van der Waals surface area contributed by atoms with Crippen LogP contribution in [0.4, 0.5) is 0 Å². The number of nitrogens with zero attached hydrogens (tertiary/aromatic N) is 2. The number of hydrogen-bond donors (Lipinski definition) is 2. The minimum atomic E-state index is -1.58. The van der Waals surface area contributed by atoms with E-state index in [4.69, 9.17) is 5.73 Å². The van der Waals surface area contributed by atoms with Gasteiger partial charge in [0.25, 0.3) is 17.7 Å². The molecule has 0 saturated carbocycles. The fourth-order valence-corrected chi connectivity index (χ4v) is 2.76. The molecule has 1 saturated heterocycles. The molecule has 1 unspecified atom stereocenters. The van der Waals surface area contributed by atoms with Crippen LogP contribution in [0.2, 0.25) is 0 Å². The number of carbonyl (C=O) groups excluding carboxylic acids is 3. The predicted molar refractivity (Wildman–Crippen MR) is 72.1 cm³/mol. The molecule has 0 radical (unpaired) electrons. The number of aliphatic hydroxyl groups is 1. The number of primary amides is 1. The maximum atomic E-state index is 12.2. The van der Waals surface area contributed by atoms with Crippen LogP contribution in [0.1, 0.15) is 27.1 Å².